The molecule has 0 fully saturated rings. The molecule has 0 spiro atoms. The Kier molecular flexibility index (Phi) is 5.90. The Labute approximate surface area is 177 Å². The maximum Gasteiger partial charge on any atom is 0.165 e. The Bertz CT molecular complexity index is 1090. The molecule has 0 bridgehead atoms. The standard InChI is InChI=1S/C21H20ClF2N5O/c1-3-9-28(2)30-12-19-27-26-18-11-25-21(20-15(23)5-4-6-16(20)24)14-10-13(22)7-8-17(14)29(18)19/h4-8,10H,3,9,11-12H2,1-2H3. The lowest BCUT2D eigenvalue weighted by Gasteiger charge is -2.17. The molecule has 1 aliphatic rings. The van der Waals surface area contributed by atoms with Crippen LogP contribution in [0.2, 0.25) is 5.02 Å². The largest absolute Gasteiger partial charge is 0.291 e. The predicted octanol–water partition coefficient (Wildman–Crippen LogP) is 4.32. The first-order chi connectivity index (χ1) is 14.5. The monoisotopic (exact) mass is 431 g/mol. The molecule has 0 radical (unpaired) electrons. The molecule has 3 aromatic rings. The van der Waals surface area contributed by atoms with E-state index >= 15 is 0 Å². The maximum atomic E-state index is 14.6. The molecule has 4 rings (SSSR count). The predicted molar refractivity (Wildman–Crippen MR) is 110 cm³/mol. The fraction of sp³-hybridized carbons (Fsp3) is 0.286. The van der Waals surface area contributed by atoms with Crippen LogP contribution in [-0.2, 0) is 18.0 Å². The van der Waals surface area contributed by atoms with E-state index in [2.05, 4.69) is 22.1 Å². The van der Waals surface area contributed by atoms with Gasteiger partial charge in [0.05, 0.1) is 17.0 Å². The highest BCUT2D eigenvalue weighted by Crippen LogP contribution is 2.30. The van der Waals surface area contributed by atoms with Gasteiger partial charge in [-0.1, -0.05) is 24.6 Å². The number of rotatable bonds is 6. The molecule has 2 heterocycles. The summed E-state index contributed by atoms with van der Waals surface area (Å²) in [6, 6.07) is 8.85. The third kappa shape index (κ3) is 3.86. The van der Waals surface area contributed by atoms with Gasteiger partial charge in [0.25, 0.3) is 0 Å². The molecule has 1 aliphatic heterocycles. The van der Waals surface area contributed by atoms with Crippen LogP contribution >= 0.6 is 11.6 Å². The zero-order valence-electron chi connectivity index (χ0n) is 16.6. The van der Waals surface area contributed by atoms with Crippen molar-refractivity contribution in [2.45, 2.75) is 26.5 Å². The molecule has 0 aliphatic carbocycles. The number of fused-ring (bicyclic) bond motifs is 3. The summed E-state index contributed by atoms with van der Waals surface area (Å²) in [4.78, 5) is 10.2. The quantitative estimate of drug-likeness (QED) is 0.545. The molecule has 0 saturated heterocycles. The van der Waals surface area contributed by atoms with Gasteiger partial charge >= 0.3 is 0 Å². The molecular formula is C21H20ClF2N5O. The smallest absolute Gasteiger partial charge is 0.165 e. The minimum Gasteiger partial charge on any atom is -0.291 e. The molecule has 30 heavy (non-hydrogen) atoms. The highest BCUT2D eigenvalue weighted by atomic mass is 35.5. The number of aliphatic imine (C=N–C) groups is 1. The number of halogens is 3. The number of hydrogen-bond donors (Lipinski definition) is 0. The van der Waals surface area contributed by atoms with Gasteiger partial charge in [-0.15, -0.1) is 10.2 Å². The fourth-order valence-corrected chi connectivity index (χ4v) is 3.61. The van der Waals surface area contributed by atoms with Gasteiger partial charge in [0.15, 0.2) is 11.6 Å². The number of hydrogen-bond acceptors (Lipinski definition) is 5. The molecule has 156 valence electrons. The highest BCUT2D eigenvalue weighted by Gasteiger charge is 2.26. The van der Waals surface area contributed by atoms with Crippen molar-refractivity contribution in [3.05, 3.63) is 75.8 Å². The maximum absolute atomic E-state index is 14.6. The van der Waals surface area contributed by atoms with Crippen LogP contribution in [0.1, 0.15) is 36.1 Å². The summed E-state index contributed by atoms with van der Waals surface area (Å²) in [7, 11) is 1.85. The van der Waals surface area contributed by atoms with Gasteiger partial charge in [-0.3, -0.25) is 14.4 Å². The van der Waals surface area contributed by atoms with E-state index in [1.54, 1.807) is 27.8 Å². The summed E-state index contributed by atoms with van der Waals surface area (Å²) in [6.07, 6.45) is 0.946. The normalized spacial score (nSPS) is 13.1. The Morgan fingerprint density at radius 3 is 2.67 bits per heavy atom. The fourth-order valence-electron chi connectivity index (χ4n) is 3.44. The third-order valence-corrected chi connectivity index (χ3v) is 5.02. The number of hydroxylamine groups is 2. The molecule has 0 unspecified atom stereocenters. The van der Waals surface area contributed by atoms with Gasteiger partial charge in [0.1, 0.15) is 24.8 Å². The summed E-state index contributed by atoms with van der Waals surface area (Å²) in [6.45, 7) is 3.12. The van der Waals surface area contributed by atoms with Gasteiger partial charge in [0, 0.05) is 24.2 Å². The summed E-state index contributed by atoms with van der Waals surface area (Å²) in [5, 5.41) is 10.6. The van der Waals surface area contributed by atoms with Gasteiger partial charge in [-0.25, -0.2) is 8.78 Å². The average Bonchev–Trinajstić information content (AvgIpc) is 3.04. The van der Waals surface area contributed by atoms with Crippen LogP contribution in [0.5, 0.6) is 0 Å². The van der Waals surface area contributed by atoms with Crippen molar-refractivity contribution in [1.82, 2.24) is 19.8 Å². The molecule has 0 amide bonds. The lowest BCUT2D eigenvalue weighted by atomic mass is 9.99. The van der Waals surface area contributed by atoms with Crippen molar-refractivity contribution < 1.29 is 13.6 Å². The first-order valence-electron chi connectivity index (χ1n) is 9.56. The van der Waals surface area contributed by atoms with E-state index in [1.165, 1.54) is 18.2 Å². The average molecular weight is 432 g/mol. The zero-order chi connectivity index (χ0) is 21.3. The van der Waals surface area contributed by atoms with E-state index in [4.69, 9.17) is 16.4 Å². The number of aromatic nitrogens is 3. The second kappa shape index (κ2) is 8.59. The zero-order valence-corrected chi connectivity index (χ0v) is 17.3. The van der Waals surface area contributed by atoms with E-state index in [1.807, 2.05) is 7.05 Å². The van der Waals surface area contributed by atoms with Gasteiger partial charge in [-0.2, -0.15) is 5.06 Å². The highest BCUT2D eigenvalue weighted by molar-refractivity contribution is 6.31. The van der Waals surface area contributed by atoms with Crippen LogP contribution in [-0.4, -0.2) is 39.1 Å². The van der Waals surface area contributed by atoms with E-state index in [0.717, 1.165) is 13.0 Å². The van der Waals surface area contributed by atoms with Gasteiger partial charge in [0.2, 0.25) is 0 Å². The van der Waals surface area contributed by atoms with E-state index in [-0.39, 0.29) is 24.4 Å². The van der Waals surface area contributed by atoms with Crippen molar-refractivity contribution in [3.8, 4) is 5.69 Å². The van der Waals surface area contributed by atoms with Crippen molar-refractivity contribution in [1.29, 1.82) is 0 Å². The molecule has 1 aromatic heterocycles. The minimum atomic E-state index is -0.693. The van der Waals surface area contributed by atoms with E-state index < -0.39 is 11.6 Å². The van der Waals surface area contributed by atoms with Crippen LogP contribution in [0.15, 0.2) is 41.4 Å². The van der Waals surface area contributed by atoms with Crippen molar-refractivity contribution in [2.75, 3.05) is 13.6 Å². The van der Waals surface area contributed by atoms with Crippen LogP contribution in [0.3, 0.4) is 0 Å². The first-order valence-corrected chi connectivity index (χ1v) is 9.93. The Hall–Kier alpha value is -2.68. The molecule has 0 atom stereocenters. The number of benzene rings is 2. The summed E-state index contributed by atoms with van der Waals surface area (Å²) < 4.78 is 30.9. The van der Waals surface area contributed by atoms with Gasteiger partial charge < -0.3 is 0 Å². The molecule has 9 heteroatoms. The summed E-state index contributed by atoms with van der Waals surface area (Å²) in [5.41, 5.74) is 1.12. The molecule has 0 saturated carbocycles. The van der Waals surface area contributed by atoms with Crippen molar-refractivity contribution >= 4 is 17.3 Å². The van der Waals surface area contributed by atoms with Crippen molar-refractivity contribution in [2.24, 2.45) is 4.99 Å². The second-order valence-electron chi connectivity index (χ2n) is 6.92. The summed E-state index contributed by atoms with van der Waals surface area (Å²) in [5.74, 6) is -0.284. The first kappa shape index (κ1) is 20.6. The molecule has 0 N–H and O–H groups in total. The molecular weight excluding hydrogens is 412 g/mol. The van der Waals surface area contributed by atoms with Gasteiger partial charge in [-0.05, 0) is 36.8 Å². The van der Waals surface area contributed by atoms with Crippen LogP contribution in [0.4, 0.5) is 8.78 Å². The Balaban J connectivity index is 1.82. The van der Waals surface area contributed by atoms with Crippen molar-refractivity contribution in [3.63, 3.8) is 0 Å². The Morgan fingerprint density at radius 2 is 1.93 bits per heavy atom. The minimum absolute atomic E-state index is 0.104. The lowest BCUT2D eigenvalue weighted by Crippen LogP contribution is -2.21. The topological polar surface area (TPSA) is 55.5 Å². The molecule has 2 aromatic carbocycles. The third-order valence-electron chi connectivity index (χ3n) is 4.78. The van der Waals surface area contributed by atoms with E-state index in [0.29, 0.717) is 27.9 Å². The summed E-state index contributed by atoms with van der Waals surface area (Å²) >= 11 is 6.23. The van der Waals surface area contributed by atoms with Crippen LogP contribution in [0.25, 0.3) is 5.69 Å². The van der Waals surface area contributed by atoms with E-state index in [9.17, 15) is 8.78 Å². The van der Waals surface area contributed by atoms with Crippen LogP contribution < -0.4 is 0 Å². The second-order valence-corrected chi connectivity index (χ2v) is 7.35. The number of nitrogens with zero attached hydrogens (tertiary/aromatic N) is 5. The molecule has 6 nitrogen and oxygen atoms in total. The van der Waals surface area contributed by atoms with Crippen LogP contribution in [0, 0.1) is 11.6 Å². The Morgan fingerprint density at radius 1 is 1.17 bits per heavy atom. The lowest BCUT2D eigenvalue weighted by molar-refractivity contribution is -0.152. The SMILES string of the molecule is CCCN(C)OCc1nnc2n1-c1ccc(Cl)cc1C(c1c(F)cccc1F)=NC2.